The molecule has 12 heteroatoms. The summed E-state index contributed by atoms with van der Waals surface area (Å²) >= 11 is 0. The second-order valence-electron chi connectivity index (χ2n) is 20.1. The van der Waals surface area contributed by atoms with Crippen LogP contribution in [0.4, 0.5) is 0 Å². The first kappa shape index (κ1) is 74.1. The molecule has 0 saturated heterocycles. The van der Waals surface area contributed by atoms with Crippen LogP contribution in [0, 0.1) is 0 Å². The van der Waals surface area contributed by atoms with Crippen LogP contribution in [-0.2, 0) is 42.2 Å². The summed E-state index contributed by atoms with van der Waals surface area (Å²) in [5.74, 6) is -1.55. The Labute approximate surface area is 475 Å². The minimum absolute atomic E-state index is 0.118. The summed E-state index contributed by atoms with van der Waals surface area (Å²) in [6, 6.07) is 0. The van der Waals surface area contributed by atoms with Gasteiger partial charge >= 0.3 is 25.7 Å². The van der Waals surface area contributed by atoms with E-state index in [1.807, 2.05) is 0 Å². The van der Waals surface area contributed by atoms with Crippen LogP contribution < -0.4 is 0 Å². The Morgan fingerprint density at radius 3 is 1.05 bits per heavy atom. The molecule has 0 aromatic rings. The van der Waals surface area contributed by atoms with Crippen LogP contribution in [0.1, 0.15) is 252 Å². The Bertz CT molecular complexity index is 1720. The van der Waals surface area contributed by atoms with Gasteiger partial charge in [-0.05, 0) is 103 Å². The fourth-order valence-electron chi connectivity index (χ4n) is 8.08. The van der Waals surface area contributed by atoms with Gasteiger partial charge in [-0.2, -0.15) is 0 Å². The van der Waals surface area contributed by atoms with Crippen LogP contribution in [0.5, 0.6) is 0 Å². The van der Waals surface area contributed by atoms with Gasteiger partial charge < -0.3 is 24.2 Å². The third kappa shape index (κ3) is 56.8. The number of carbonyl (C=O) groups excluding carboxylic acids is 3. The standard InChI is InChI=1S/C66H111O11P/c1-4-7-10-13-16-19-22-25-28-30-31-33-36-39-42-45-48-51-54-57-66(70)77-63(59-73-64(68)55-52-49-46-43-40-37-35-32-29-26-23-20-17-14-11-8-5-2)61-75-78(71,72)74-60-62(58-67)76-65(69)56-53-50-47-44-41-38-34-27-24-21-18-15-12-9-6-3/h7,9-10,12,16,18-19,21,25,27-28,31,33-34,39,41-42,44,62-63,67H,4-6,8,11,13-15,17,20,22-24,26,29-30,32,35-38,40,43,45-61H2,1-3H3,(H,71,72)/b10-7-,12-9-,19-16-,21-18-,28-25-,33-31-,34-27-,42-39-,44-41-. The summed E-state index contributed by atoms with van der Waals surface area (Å²) in [7, 11) is -4.78. The first-order valence-corrected chi connectivity index (χ1v) is 32.3. The highest BCUT2D eigenvalue weighted by molar-refractivity contribution is 7.47. The van der Waals surface area contributed by atoms with Gasteiger partial charge in [0.05, 0.1) is 19.8 Å². The maximum atomic E-state index is 12.9. The number of aliphatic hydroxyl groups is 1. The molecule has 0 radical (unpaired) electrons. The van der Waals surface area contributed by atoms with Gasteiger partial charge in [0.25, 0.3) is 0 Å². The molecule has 0 aliphatic rings. The van der Waals surface area contributed by atoms with Crippen molar-refractivity contribution in [1.82, 2.24) is 0 Å². The van der Waals surface area contributed by atoms with Crippen molar-refractivity contribution in [1.29, 1.82) is 0 Å². The molecule has 0 amide bonds. The fourth-order valence-corrected chi connectivity index (χ4v) is 8.86. The van der Waals surface area contributed by atoms with Gasteiger partial charge in [0.2, 0.25) is 0 Å². The molecule has 3 atom stereocenters. The van der Waals surface area contributed by atoms with Gasteiger partial charge in [-0.1, -0.05) is 239 Å². The lowest BCUT2D eigenvalue weighted by Crippen LogP contribution is -2.30. The summed E-state index contributed by atoms with van der Waals surface area (Å²) in [6.07, 6.45) is 71.9. The quantitative estimate of drug-likeness (QED) is 0.0197. The molecule has 3 unspecified atom stereocenters. The number of carbonyl (C=O) groups is 3. The Hall–Kier alpha value is -3.86. The topological polar surface area (TPSA) is 155 Å². The molecule has 78 heavy (non-hydrogen) atoms. The minimum Gasteiger partial charge on any atom is -0.462 e. The number of ether oxygens (including phenoxy) is 3. The molecule has 0 heterocycles. The molecule has 0 spiro atoms. The Kier molecular flexibility index (Phi) is 56.3. The van der Waals surface area contributed by atoms with Crippen molar-refractivity contribution < 1.29 is 52.2 Å². The van der Waals surface area contributed by atoms with E-state index in [1.165, 1.54) is 83.5 Å². The smallest absolute Gasteiger partial charge is 0.462 e. The third-order valence-corrected chi connectivity index (χ3v) is 13.6. The lowest BCUT2D eigenvalue weighted by molar-refractivity contribution is -0.161. The van der Waals surface area contributed by atoms with E-state index >= 15 is 0 Å². The fraction of sp³-hybridized carbons (Fsp3) is 0.682. The molecule has 0 aromatic heterocycles. The van der Waals surface area contributed by atoms with Crippen LogP contribution >= 0.6 is 7.82 Å². The highest BCUT2D eigenvalue weighted by atomic mass is 31.2. The Morgan fingerprint density at radius 2 is 0.667 bits per heavy atom. The van der Waals surface area contributed by atoms with Gasteiger partial charge in [-0.15, -0.1) is 0 Å². The average Bonchev–Trinajstić information content (AvgIpc) is 3.43. The van der Waals surface area contributed by atoms with E-state index in [2.05, 4.69) is 130 Å². The Morgan fingerprint density at radius 1 is 0.372 bits per heavy atom. The van der Waals surface area contributed by atoms with Crippen LogP contribution in [0.3, 0.4) is 0 Å². The number of phosphoric ester groups is 1. The van der Waals surface area contributed by atoms with Crippen LogP contribution in [0.15, 0.2) is 109 Å². The monoisotopic (exact) mass is 1110 g/mol. The highest BCUT2D eigenvalue weighted by Crippen LogP contribution is 2.43. The number of phosphoric acid groups is 1. The number of hydrogen-bond donors (Lipinski definition) is 2. The van der Waals surface area contributed by atoms with E-state index in [0.29, 0.717) is 19.3 Å². The number of allylic oxidation sites excluding steroid dienone is 18. The number of aliphatic hydroxyl groups excluding tert-OH is 1. The number of unbranched alkanes of at least 4 members (excludes halogenated alkanes) is 21. The maximum Gasteiger partial charge on any atom is 0.472 e. The van der Waals surface area contributed by atoms with Gasteiger partial charge in [0, 0.05) is 19.3 Å². The van der Waals surface area contributed by atoms with Crippen LogP contribution in [-0.4, -0.2) is 66.5 Å². The zero-order chi connectivity index (χ0) is 56.9. The van der Waals surface area contributed by atoms with Gasteiger partial charge in [0.15, 0.2) is 6.10 Å². The molecule has 0 aliphatic carbocycles. The summed E-state index contributed by atoms with van der Waals surface area (Å²) in [4.78, 5) is 48.7. The van der Waals surface area contributed by atoms with E-state index in [4.69, 9.17) is 23.3 Å². The van der Waals surface area contributed by atoms with Crippen molar-refractivity contribution in [2.24, 2.45) is 0 Å². The van der Waals surface area contributed by atoms with Crippen molar-refractivity contribution in [3.8, 4) is 0 Å². The molecular formula is C66H111O11P. The van der Waals surface area contributed by atoms with Crippen molar-refractivity contribution in [2.75, 3.05) is 26.4 Å². The lowest BCUT2D eigenvalue weighted by Gasteiger charge is -2.21. The zero-order valence-corrected chi connectivity index (χ0v) is 50.2. The molecule has 11 nitrogen and oxygen atoms in total. The van der Waals surface area contributed by atoms with Crippen LogP contribution in [0.25, 0.3) is 0 Å². The predicted molar refractivity (Wildman–Crippen MR) is 325 cm³/mol. The number of hydrogen-bond acceptors (Lipinski definition) is 10. The first-order valence-electron chi connectivity index (χ1n) is 30.8. The second-order valence-corrected chi connectivity index (χ2v) is 21.6. The molecule has 446 valence electrons. The highest BCUT2D eigenvalue weighted by Gasteiger charge is 2.28. The third-order valence-electron chi connectivity index (χ3n) is 12.7. The van der Waals surface area contributed by atoms with Gasteiger partial charge in [0.1, 0.15) is 12.7 Å². The normalized spacial score (nSPS) is 14.1. The first-order chi connectivity index (χ1) is 38.2. The van der Waals surface area contributed by atoms with Crippen molar-refractivity contribution >= 4 is 25.7 Å². The molecule has 0 bridgehead atoms. The van der Waals surface area contributed by atoms with E-state index in [1.54, 1.807) is 0 Å². The van der Waals surface area contributed by atoms with E-state index < -0.39 is 57.8 Å². The number of esters is 3. The summed E-state index contributed by atoms with van der Waals surface area (Å²) < 4.78 is 39.6. The molecule has 0 aromatic carbocycles. The summed E-state index contributed by atoms with van der Waals surface area (Å²) in [6.45, 7) is 4.35. The van der Waals surface area contributed by atoms with E-state index in [9.17, 15) is 28.9 Å². The SMILES string of the molecule is CC/C=C\C/C=C\C/C=C\C/C=C\C/C=C\CCCCCC(=O)OC(COC(=O)CCCCCCCCCCCCCCCCCCC)COP(=O)(O)OCC(CO)OC(=O)CCCC/C=C\C/C=C\C/C=C\C/C=C\CC. The van der Waals surface area contributed by atoms with Gasteiger partial charge in [-0.25, -0.2) is 4.57 Å². The number of rotatable bonds is 56. The molecular weight excluding hydrogens is 1000 g/mol. The molecule has 2 N–H and O–H groups in total. The summed E-state index contributed by atoms with van der Waals surface area (Å²) in [5.41, 5.74) is 0. The zero-order valence-electron chi connectivity index (χ0n) is 49.3. The lowest BCUT2D eigenvalue weighted by atomic mass is 10.0. The van der Waals surface area contributed by atoms with Crippen LogP contribution in [0.2, 0.25) is 0 Å². The van der Waals surface area contributed by atoms with Crippen molar-refractivity contribution in [3.63, 3.8) is 0 Å². The van der Waals surface area contributed by atoms with Crippen molar-refractivity contribution in [2.45, 2.75) is 264 Å². The molecule has 0 saturated carbocycles. The van der Waals surface area contributed by atoms with Gasteiger partial charge in [-0.3, -0.25) is 23.4 Å². The van der Waals surface area contributed by atoms with Crippen molar-refractivity contribution in [3.05, 3.63) is 109 Å². The Balaban J connectivity index is 4.82. The van der Waals surface area contributed by atoms with E-state index in [-0.39, 0.29) is 25.9 Å². The molecule has 0 aliphatic heterocycles. The average molecular weight is 1110 g/mol. The van der Waals surface area contributed by atoms with E-state index in [0.717, 1.165) is 109 Å². The maximum absolute atomic E-state index is 12.9. The second kappa shape index (κ2) is 59.3. The molecule has 0 rings (SSSR count). The largest absolute Gasteiger partial charge is 0.472 e. The minimum atomic E-state index is -4.78. The predicted octanol–water partition coefficient (Wildman–Crippen LogP) is 18.6. The summed E-state index contributed by atoms with van der Waals surface area (Å²) in [5, 5.41) is 9.83. The molecule has 0 fully saturated rings.